The van der Waals surface area contributed by atoms with Crippen molar-refractivity contribution in [3.63, 3.8) is 0 Å². The summed E-state index contributed by atoms with van der Waals surface area (Å²) in [6, 6.07) is 2.12. The Morgan fingerprint density at radius 1 is 1.09 bits per heavy atom. The maximum Gasteiger partial charge on any atom is 0.309 e. The van der Waals surface area contributed by atoms with Crippen LogP contribution in [0.3, 0.4) is 0 Å². The third kappa shape index (κ3) is 4.68. The van der Waals surface area contributed by atoms with Gasteiger partial charge in [-0.2, -0.15) is 0 Å². The molecule has 1 amide bonds. The van der Waals surface area contributed by atoms with E-state index in [0.717, 1.165) is 6.42 Å². The minimum absolute atomic E-state index is 0.00723. The van der Waals surface area contributed by atoms with Crippen molar-refractivity contribution in [1.82, 2.24) is 9.80 Å². The molecule has 4 aliphatic carbocycles. The first-order chi connectivity index (χ1) is 20.9. The average molecular weight is 626 g/mol. The number of hydrogen-bond acceptors (Lipinski definition) is 11. The fourth-order valence-corrected chi connectivity index (χ4v) is 8.02. The number of rotatable bonds is 7. The highest BCUT2D eigenvalue weighted by molar-refractivity contribution is 6.24. The van der Waals surface area contributed by atoms with Crippen molar-refractivity contribution in [3.8, 4) is 5.75 Å². The lowest BCUT2D eigenvalue weighted by atomic mass is 9.54. The van der Waals surface area contributed by atoms with Gasteiger partial charge in [-0.3, -0.25) is 24.1 Å². The molecule has 6 atom stereocenters. The molecule has 2 saturated carbocycles. The lowest BCUT2D eigenvalue weighted by Gasteiger charge is -2.54. The summed E-state index contributed by atoms with van der Waals surface area (Å²) < 4.78 is 6.11. The molecule has 5 rings (SSSR count). The van der Waals surface area contributed by atoms with E-state index >= 15 is 0 Å². The number of carbonyl (C=O) groups is 4. The highest BCUT2D eigenvalue weighted by Gasteiger charge is 2.69. The number of phenols is 1. The number of nitrogens with zero attached hydrogens (tertiary/aromatic N) is 2. The van der Waals surface area contributed by atoms with Crippen LogP contribution in [-0.2, 0) is 29.3 Å². The molecule has 45 heavy (non-hydrogen) atoms. The third-order valence-electron chi connectivity index (χ3n) is 10.2. The van der Waals surface area contributed by atoms with Crippen molar-refractivity contribution in [3.05, 3.63) is 45.7 Å². The monoisotopic (exact) mass is 625 g/mol. The van der Waals surface area contributed by atoms with Gasteiger partial charge >= 0.3 is 5.97 Å². The quantitative estimate of drug-likeness (QED) is 0.219. The Hall–Kier alpha value is -3.74. The predicted molar refractivity (Wildman–Crippen MR) is 163 cm³/mol. The summed E-state index contributed by atoms with van der Waals surface area (Å²) in [5.41, 5.74) is 1.58. The minimum Gasteiger partial charge on any atom is -0.508 e. The van der Waals surface area contributed by atoms with E-state index in [1.165, 1.54) is 19.0 Å². The fraction of sp³-hybridized carbons (Fsp3) is 0.576. The molecule has 244 valence electrons. The number of primary amides is 1. The second-order valence-corrected chi connectivity index (χ2v) is 14.1. The summed E-state index contributed by atoms with van der Waals surface area (Å²) in [6.07, 6.45) is 0.595. The summed E-state index contributed by atoms with van der Waals surface area (Å²) in [7, 11) is 6.78. The van der Waals surface area contributed by atoms with Crippen LogP contribution < -0.4 is 5.73 Å². The number of aromatic hydroxyl groups is 1. The molecule has 0 heterocycles. The van der Waals surface area contributed by atoms with Crippen LogP contribution in [0.2, 0.25) is 0 Å². The van der Waals surface area contributed by atoms with Gasteiger partial charge in [-0.15, -0.1) is 0 Å². The number of Topliss-reactive ketones (excluding diaryl/α,β-unsaturated/α-hetero) is 2. The number of carbonyl (C=O) groups excluding carboxylic acids is 4. The van der Waals surface area contributed by atoms with Crippen LogP contribution in [-0.4, -0.2) is 106 Å². The molecule has 4 aliphatic rings. The first-order valence-electron chi connectivity index (χ1n) is 15.2. The molecule has 0 aliphatic heterocycles. The fourth-order valence-electron chi connectivity index (χ4n) is 8.02. The number of hydrogen-bond donors (Lipinski definition) is 5. The number of ether oxygens (including phenoxy) is 1. The molecular weight excluding hydrogens is 582 g/mol. The number of nitrogens with two attached hydrogens (primary N) is 1. The Morgan fingerprint density at radius 3 is 2.22 bits per heavy atom. The first-order valence-corrected chi connectivity index (χ1v) is 15.2. The lowest BCUT2D eigenvalue weighted by Crippen LogP contribution is -2.71. The molecule has 0 spiro atoms. The molecule has 12 heteroatoms. The van der Waals surface area contributed by atoms with Crippen LogP contribution >= 0.6 is 0 Å². The highest BCUT2D eigenvalue weighted by Crippen LogP contribution is 2.58. The van der Waals surface area contributed by atoms with E-state index in [-0.39, 0.29) is 16.9 Å². The van der Waals surface area contributed by atoms with E-state index in [9.17, 15) is 39.6 Å². The van der Waals surface area contributed by atoms with Gasteiger partial charge in [-0.25, -0.2) is 0 Å². The Balaban J connectivity index is 1.80. The van der Waals surface area contributed by atoms with E-state index in [0.29, 0.717) is 30.5 Å². The van der Waals surface area contributed by atoms with Crippen LogP contribution in [0, 0.1) is 17.8 Å². The Kier molecular flexibility index (Phi) is 7.95. The number of esters is 1. The number of aliphatic hydroxyl groups excluding tert-OH is 2. The van der Waals surface area contributed by atoms with Crippen molar-refractivity contribution in [2.24, 2.45) is 23.5 Å². The number of amides is 1. The van der Waals surface area contributed by atoms with Crippen LogP contribution in [0.1, 0.15) is 62.6 Å². The van der Waals surface area contributed by atoms with Gasteiger partial charge in [0.25, 0.3) is 5.91 Å². The summed E-state index contributed by atoms with van der Waals surface area (Å²) in [6.45, 7) is 6.15. The van der Waals surface area contributed by atoms with Gasteiger partial charge < -0.3 is 35.8 Å². The second kappa shape index (κ2) is 11.0. The van der Waals surface area contributed by atoms with Crippen molar-refractivity contribution < 1.29 is 44.3 Å². The Bertz CT molecular complexity index is 1550. The summed E-state index contributed by atoms with van der Waals surface area (Å²) >= 11 is 0. The molecule has 0 radical (unpaired) electrons. The highest BCUT2D eigenvalue weighted by atomic mass is 16.5. The number of benzene rings is 1. The summed E-state index contributed by atoms with van der Waals surface area (Å²) in [5, 5.41) is 47.1. The summed E-state index contributed by atoms with van der Waals surface area (Å²) in [5.74, 6) is -9.89. The lowest BCUT2D eigenvalue weighted by molar-refractivity contribution is -0.189. The van der Waals surface area contributed by atoms with Crippen LogP contribution in [0.25, 0.3) is 5.76 Å². The average Bonchev–Trinajstić information content (AvgIpc) is 2.88. The normalized spacial score (nSPS) is 30.2. The largest absolute Gasteiger partial charge is 0.508 e. The molecule has 0 unspecified atom stereocenters. The molecule has 0 bridgehead atoms. The zero-order valence-electron chi connectivity index (χ0n) is 26.7. The molecule has 1 aromatic carbocycles. The van der Waals surface area contributed by atoms with Crippen molar-refractivity contribution in [2.75, 3.05) is 34.7 Å². The van der Waals surface area contributed by atoms with E-state index in [2.05, 4.69) is 0 Å². The standard InChI is InChI=1S/C33H43N3O9/c1-14-16-11-12-17(32(2,3)13-35(4)5)24(37)19(16)25(38)20-18(14)27(45-31(43)15-9-8-10-15)22-23(36(6)7)26(39)21(30(34)42)29(41)33(22,44)28(20)40/h11-12,14-15,18,22-23,27,37-38,41,44H,8-10,13H2,1-7H3,(H2,34,42)/t14-,18+,22+,23-,27-,33-/m0/s1. The minimum atomic E-state index is -2.97. The van der Waals surface area contributed by atoms with Gasteiger partial charge in [-0.05, 0) is 52.5 Å². The maximum atomic E-state index is 14.5. The van der Waals surface area contributed by atoms with Crippen LogP contribution in [0.5, 0.6) is 5.75 Å². The van der Waals surface area contributed by atoms with Gasteiger partial charge in [0.1, 0.15) is 28.9 Å². The van der Waals surface area contributed by atoms with Crippen LogP contribution in [0.4, 0.5) is 0 Å². The SMILES string of the molecule is C[C@H]1c2ccc(C(C)(C)CN(C)C)c(O)c2C(O)=C2C(=O)[C@]3(O)C(O)=C(C(N)=O)C(=O)[C@@H](N(C)C)[C@@H]3[C@@H](OC(=O)C3CCC3)[C@@H]21. The van der Waals surface area contributed by atoms with E-state index < -0.39 is 87.4 Å². The van der Waals surface area contributed by atoms with Gasteiger partial charge in [0.2, 0.25) is 5.78 Å². The number of likely N-dealkylation sites (N-methyl/N-ethyl adjacent to an activating group) is 2. The molecule has 0 aromatic heterocycles. The van der Waals surface area contributed by atoms with Crippen molar-refractivity contribution in [2.45, 2.75) is 69.1 Å². The molecule has 1 aromatic rings. The second-order valence-electron chi connectivity index (χ2n) is 14.1. The van der Waals surface area contributed by atoms with E-state index in [1.807, 2.05) is 32.8 Å². The number of phenolic OH excluding ortho intramolecular Hbond substituents is 1. The number of ketones is 2. The van der Waals surface area contributed by atoms with Crippen molar-refractivity contribution in [1.29, 1.82) is 0 Å². The zero-order chi connectivity index (χ0) is 33.5. The first kappa shape index (κ1) is 32.6. The molecule has 2 fully saturated rings. The van der Waals surface area contributed by atoms with Gasteiger partial charge in [0.05, 0.1) is 23.4 Å². The zero-order valence-corrected chi connectivity index (χ0v) is 26.7. The molecular formula is C33H43N3O9. The van der Waals surface area contributed by atoms with Crippen molar-refractivity contribution >= 4 is 29.2 Å². The molecule has 0 saturated heterocycles. The van der Waals surface area contributed by atoms with Gasteiger partial charge in [0, 0.05) is 29.0 Å². The third-order valence-corrected chi connectivity index (χ3v) is 10.2. The number of fused-ring (bicyclic) bond motifs is 3. The Labute approximate surface area is 262 Å². The summed E-state index contributed by atoms with van der Waals surface area (Å²) in [4.78, 5) is 57.4. The predicted octanol–water partition coefficient (Wildman–Crippen LogP) is 1.69. The molecule has 6 N–H and O–H groups in total. The van der Waals surface area contributed by atoms with Gasteiger partial charge in [-0.1, -0.05) is 39.3 Å². The maximum absolute atomic E-state index is 14.5. The van der Waals surface area contributed by atoms with E-state index in [4.69, 9.17) is 10.5 Å². The van der Waals surface area contributed by atoms with Crippen LogP contribution in [0.15, 0.2) is 29.0 Å². The number of aliphatic hydroxyl groups is 3. The Morgan fingerprint density at radius 2 is 1.71 bits per heavy atom. The smallest absolute Gasteiger partial charge is 0.309 e. The topological polar surface area (TPSA) is 191 Å². The molecule has 12 nitrogen and oxygen atoms in total. The van der Waals surface area contributed by atoms with E-state index in [1.54, 1.807) is 19.1 Å². The van der Waals surface area contributed by atoms with Gasteiger partial charge in [0.15, 0.2) is 11.4 Å².